The van der Waals surface area contributed by atoms with Crippen molar-refractivity contribution >= 4 is 39.7 Å². The number of aromatic nitrogens is 5. The Kier molecular flexibility index (Phi) is 6.19. The Morgan fingerprint density at radius 2 is 1.66 bits per heavy atom. The van der Waals surface area contributed by atoms with Crippen LogP contribution in [-0.2, 0) is 6.54 Å². The predicted molar refractivity (Wildman–Crippen MR) is 148 cm³/mol. The van der Waals surface area contributed by atoms with E-state index < -0.39 is 0 Å². The van der Waals surface area contributed by atoms with Crippen molar-refractivity contribution in [1.29, 1.82) is 0 Å². The molecule has 0 unspecified atom stereocenters. The number of carbonyl (C=O) groups excluding carboxylic acids is 1. The fourth-order valence-corrected chi connectivity index (χ4v) is 5.03. The fraction of sp³-hybridized carbons (Fsp3) is 0.0690. The number of hydrogen-bond donors (Lipinski definition) is 2. The maximum Gasteiger partial charge on any atom is 0.256 e. The van der Waals surface area contributed by atoms with E-state index in [-0.39, 0.29) is 11.5 Å². The summed E-state index contributed by atoms with van der Waals surface area (Å²) < 4.78 is 1.54. The number of aromatic amines is 1. The Morgan fingerprint density at radius 3 is 2.45 bits per heavy atom. The Balaban J connectivity index is 1.31. The maximum atomic E-state index is 13.0. The third-order valence-corrected chi connectivity index (χ3v) is 6.91. The Labute approximate surface area is 221 Å². The molecule has 1 amide bonds. The topological polar surface area (TPSA) is 106 Å². The first kappa shape index (κ1) is 23.6. The summed E-state index contributed by atoms with van der Waals surface area (Å²) >= 11 is 1.30. The number of imidazole rings is 1. The lowest BCUT2D eigenvalue weighted by Crippen LogP contribution is -2.23. The van der Waals surface area contributed by atoms with Crippen LogP contribution in [0.2, 0.25) is 0 Å². The molecule has 2 N–H and O–H groups in total. The maximum absolute atomic E-state index is 13.0. The highest BCUT2D eigenvalue weighted by Crippen LogP contribution is 2.27. The van der Waals surface area contributed by atoms with Gasteiger partial charge in [0, 0.05) is 23.6 Å². The first-order valence-electron chi connectivity index (χ1n) is 12.0. The second-order valence-electron chi connectivity index (χ2n) is 8.71. The highest BCUT2D eigenvalue weighted by molar-refractivity contribution is 7.99. The summed E-state index contributed by atoms with van der Waals surface area (Å²) in [7, 11) is 0. The van der Waals surface area contributed by atoms with Crippen molar-refractivity contribution < 1.29 is 4.79 Å². The van der Waals surface area contributed by atoms with Gasteiger partial charge in [-0.05, 0) is 66.7 Å². The minimum atomic E-state index is -0.225. The monoisotopic (exact) mass is 518 g/mol. The number of carbonyl (C=O) groups is 1. The molecule has 0 atom stereocenters. The molecule has 6 rings (SSSR count). The van der Waals surface area contributed by atoms with Gasteiger partial charge in [-0.25, -0.2) is 15.0 Å². The van der Waals surface area contributed by atoms with Crippen molar-refractivity contribution in [1.82, 2.24) is 29.8 Å². The van der Waals surface area contributed by atoms with Crippen LogP contribution in [0.25, 0.3) is 27.8 Å². The molecule has 9 heteroatoms. The van der Waals surface area contributed by atoms with Crippen LogP contribution in [0.1, 0.15) is 21.6 Å². The molecule has 186 valence electrons. The predicted octanol–water partition coefficient (Wildman–Crippen LogP) is 5.05. The van der Waals surface area contributed by atoms with Crippen molar-refractivity contribution in [2.75, 3.05) is 0 Å². The van der Waals surface area contributed by atoms with E-state index >= 15 is 0 Å². The first-order valence-corrected chi connectivity index (χ1v) is 12.8. The summed E-state index contributed by atoms with van der Waals surface area (Å²) in [5.41, 5.74) is 4.93. The number of rotatable bonds is 6. The molecule has 3 heterocycles. The zero-order valence-electron chi connectivity index (χ0n) is 20.4. The van der Waals surface area contributed by atoms with Crippen LogP contribution in [0.4, 0.5) is 0 Å². The van der Waals surface area contributed by atoms with E-state index in [4.69, 9.17) is 4.98 Å². The van der Waals surface area contributed by atoms with Crippen LogP contribution in [0.15, 0.2) is 106 Å². The van der Waals surface area contributed by atoms with Crippen LogP contribution in [0, 0.1) is 6.92 Å². The van der Waals surface area contributed by atoms with Gasteiger partial charge in [0.1, 0.15) is 0 Å². The van der Waals surface area contributed by atoms with E-state index in [0.717, 1.165) is 27.7 Å². The fourth-order valence-electron chi connectivity index (χ4n) is 4.24. The number of hydrogen-bond acceptors (Lipinski definition) is 6. The molecule has 0 aliphatic carbocycles. The lowest BCUT2D eigenvalue weighted by molar-refractivity contribution is 0.0951. The van der Waals surface area contributed by atoms with Crippen molar-refractivity contribution in [2.45, 2.75) is 23.8 Å². The van der Waals surface area contributed by atoms with Gasteiger partial charge in [-0.3, -0.25) is 14.2 Å². The molecule has 6 aromatic rings. The van der Waals surface area contributed by atoms with Gasteiger partial charge in [-0.2, -0.15) is 0 Å². The van der Waals surface area contributed by atoms with Crippen LogP contribution in [-0.4, -0.2) is 30.4 Å². The molecule has 0 bridgehead atoms. The number of fused-ring (bicyclic) bond motifs is 2. The molecule has 0 fully saturated rings. The van der Waals surface area contributed by atoms with Gasteiger partial charge in [0.05, 0.1) is 22.4 Å². The summed E-state index contributed by atoms with van der Waals surface area (Å²) in [6.07, 6.45) is 0. The number of pyridine rings is 1. The number of amides is 1. The molecule has 0 spiro atoms. The second-order valence-corrected chi connectivity index (χ2v) is 9.67. The molecule has 0 aliphatic heterocycles. The molecule has 0 aliphatic rings. The van der Waals surface area contributed by atoms with Crippen molar-refractivity contribution in [3.8, 4) is 5.69 Å². The van der Waals surface area contributed by atoms with Gasteiger partial charge < -0.3 is 10.3 Å². The van der Waals surface area contributed by atoms with E-state index in [0.29, 0.717) is 33.8 Å². The number of nitrogens with zero attached hydrogens (tertiary/aromatic N) is 4. The van der Waals surface area contributed by atoms with Gasteiger partial charge in [0.2, 0.25) is 0 Å². The normalized spacial score (nSPS) is 11.2. The van der Waals surface area contributed by atoms with Crippen LogP contribution in [0.3, 0.4) is 0 Å². The zero-order valence-corrected chi connectivity index (χ0v) is 21.2. The average molecular weight is 519 g/mol. The molecule has 38 heavy (non-hydrogen) atoms. The highest BCUT2D eigenvalue weighted by atomic mass is 32.2. The minimum Gasteiger partial charge on any atom is -0.348 e. The molecule has 3 aromatic heterocycles. The number of aryl methyl sites for hydroxylation is 1. The average Bonchev–Trinajstić information content (AvgIpc) is 3.34. The Hall–Kier alpha value is -4.76. The quantitative estimate of drug-likeness (QED) is 0.299. The number of nitrogens with one attached hydrogen (secondary N) is 2. The molecule has 8 nitrogen and oxygen atoms in total. The van der Waals surface area contributed by atoms with Gasteiger partial charge in [0.25, 0.3) is 11.5 Å². The number of para-hydroxylation sites is 2. The third-order valence-electron chi connectivity index (χ3n) is 6.16. The van der Waals surface area contributed by atoms with Crippen LogP contribution >= 0.6 is 11.8 Å². The van der Waals surface area contributed by atoms with Gasteiger partial charge >= 0.3 is 0 Å². The number of benzene rings is 3. The molecule has 0 saturated heterocycles. The first-order chi connectivity index (χ1) is 18.5. The third kappa shape index (κ3) is 4.67. The lowest BCUT2D eigenvalue weighted by Gasteiger charge is -2.12. The SMILES string of the molecule is Cc1nc(Sc2nc3ccccc3[nH]2)nc2c1ccc(=O)n2-c1ccc(C(=O)NCc2ccccc2)cc1. The largest absolute Gasteiger partial charge is 0.348 e. The summed E-state index contributed by atoms with van der Waals surface area (Å²) in [5.74, 6) is -0.187. The van der Waals surface area contributed by atoms with E-state index in [1.807, 2.05) is 61.5 Å². The summed E-state index contributed by atoms with van der Waals surface area (Å²) in [6.45, 7) is 2.33. The highest BCUT2D eigenvalue weighted by Gasteiger charge is 2.15. The van der Waals surface area contributed by atoms with Gasteiger partial charge in [-0.15, -0.1) is 0 Å². The minimum absolute atomic E-state index is 0.187. The van der Waals surface area contributed by atoms with Gasteiger partial charge in [0.15, 0.2) is 16.0 Å². The molecule has 0 saturated carbocycles. The van der Waals surface area contributed by atoms with Crippen LogP contribution < -0.4 is 10.9 Å². The second kappa shape index (κ2) is 9.95. The Morgan fingerprint density at radius 1 is 0.895 bits per heavy atom. The molecular weight excluding hydrogens is 496 g/mol. The smallest absolute Gasteiger partial charge is 0.256 e. The van der Waals surface area contributed by atoms with E-state index in [2.05, 4.69) is 20.3 Å². The molecule has 3 aromatic carbocycles. The van der Waals surface area contributed by atoms with E-state index in [9.17, 15) is 9.59 Å². The molecular formula is C29H22N6O2S. The van der Waals surface area contributed by atoms with Gasteiger partial charge in [-0.1, -0.05) is 42.5 Å². The summed E-state index contributed by atoms with van der Waals surface area (Å²) in [4.78, 5) is 42.9. The van der Waals surface area contributed by atoms with Crippen molar-refractivity contribution in [3.05, 3.63) is 118 Å². The molecule has 0 radical (unpaired) electrons. The standard InChI is InChI=1S/C29H22N6O2S/c1-18-22-15-16-25(36)35(21-13-11-20(12-14-21)27(37)30-17-19-7-3-2-4-8-19)26(22)34-28(31-18)38-29-32-23-9-5-6-10-24(23)33-29/h2-16H,17H2,1H3,(H,30,37)(H,32,33). The lowest BCUT2D eigenvalue weighted by atomic mass is 10.1. The van der Waals surface area contributed by atoms with E-state index in [1.54, 1.807) is 34.9 Å². The number of H-pyrrole nitrogens is 1. The zero-order chi connectivity index (χ0) is 26.1. The van der Waals surface area contributed by atoms with E-state index in [1.165, 1.54) is 17.8 Å². The summed E-state index contributed by atoms with van der Waals surface area (Å²) in [6, 6.07) is 27.7. The Bertz CT molecular complexity index is 1810. The van der Waals surface area contributed by atoms with Crippen molar-refractivity contribution in [3.63, 3.8) is 0 Å². The summed E-state index contributed by atoms with van der Waals surface area (Å²) in [5, 5.41) is 4.83. The van der Waals surface area contributed by atoms with Crippen LogP contribution in [0.5, 0.6) is 0 Å². The van der Waals surface area contributed by atoms with Crippen molar-refractivity contribution in [2.24, 2.45) is 0 Å².